The fraction of sp³-hybridized carbons (Fsp3) is 0.500. The second-order valence-electron chi connectivity index (χ2n) is 4.26. The van der Waals surface area contributed by atoms with Gasteiger partial charge in [0.2, 0.25) is 5.91 Å². The normalized spacial score (nSPS) is 11.8. The van der Waals surface area contributed by atoms with E-state index in [1.54, 1.807) is 23.3 Å². The quantitative estimate of drug-likeness (QED) is 0.543. The van der Waals surface area contributed by atoms with Crippen LogP contribution in [0.1, 0.15) is 26.5 Å². The lowest BCUT2D eigenvalue weighted by molar-refractivity contribution is -0.156. The SMILES string of the molecule is C=CCOC(C)C(=O)OCc1csc(N(CC)C(C)=O)n1. The zero-order valence-corrected chi connectivity index (χ0v) is 13.3. The van der Waals surface area contributed by atoms with Crippen LogP contribution in [0.5, 0.6) is 0 Å². The molecule has 1 amide bonds. The summed E-state index contributed by atoms with van der Waals surface area (Å²) in [6.07, 6.45) is 0.919. The van der Waals surface area contributed by atoms with Crippen molar-refractivity contribution in [1.29, 1.82) is 0 Å². The monoisotopic (exact) mass is 312 g/mol. The highest BCUT2D eigenvalue weighted by molar-refractivity contribution is 7.14. The summed E-state index contributed by atoms with van der Waals surface area (Å²) in [6, 6.07) is 0. The highest BCUT2D eigenvalue weighted by atomic mass is 32.1. The van der Waals surface area contributed by atoms with Crippen molar-refractivity contribution in [3.05, 3.63) is 23.7 Å². The van der Waals surface area contributed by atoms with E-state index in [4.69, 9.17) is 9.47 Å². The van der Waals surface area contributed by atoms with Gasteiger partial charge in [0.05, 0.1) is 12.3 Å². The Morgan fingerprint density at radius 1 is 1.57 bits per heavy atom. The number of esters is 1. The molecule has 0 aliphatic rings. The van der Waals surface area contributed by atoms with Gasteiger partial charge in [0.25, 0.3) is 0 Å². The largest absolute Gasteiger partial charge is 0.457 e. The van der Waals surface area contributed by atoms with Gasteiger partial charge in [-0.15, -0.1) is 17.9 Å². The van der Waals surface area contributed by atoms with Crippen molar-refractivity contribution >= 4 is 28.3 Å². The molecular formula is C14H20N2O4S. The van der Waals surface area contributed by atoms with Gasteiger partial charge in [0, 0.05) is 18.8 Å². The van der Waals surface area contributed by atoms with Gasteiger partial charge < -0.3 is 9.47 Å². The first-order valence-corrected chi connectivity index (χ1v) is 7.49. The zero-order valence-electron chi connectivity index (χ0n) is 12.5. The summed E-state index contributed by atoms with van der Waals surface area (Å²) in [4.78, 5) is 28.9. The number of anilines is 1. The van der Waals surface area contributed by atoms with Gasteiger partial charge in [0.15, 0.2) is 11.2 Å². The third-order valence-electron chi connectivity index (χ3n) is 2.63. The summed E-state index contributed by atoms with van der Waals surface area (Å²) < 4.78 is 10.3. The van der Waals surface area contributed by atoms with Crippen LogP contribution in [0.15, 0.2) is 18.0 Å². The van der Waals surface area contributed by atoms with Crippen LogP contribution in [0.2, 0.25) is 0 Å². The molecule has 0 N–H and O–H groups in total. The molecule has 0 aliphatic carbocycles. The second-order valence-corrected chi connectivity index (χ2v) is 5.09. The molecule has 1 aromatic heterocycles. The Morgan fingerprint density at radius 2 is 2.29 bits per heavy atom. The molecule has 0 fully saturated rings. The molecule has 1 atom stereocenters. The molecule has 1 rings (SSSR count). The molecule has 0 saturated carbocycles. The molecule has 1 unspecified atom stereocenters. The fourth-order valence-corrected chi connectivity index (χ4v) is 2.44. The van der Waals surface area contributed by atoms with E-state index in [0.717, 1.165) is 0 Å². The van der Waals surface area contributed by atoms with Crippen LogP contribution in [0.3, 0.4) is 0 Å². The number of carbonyl (C=O) groups is 2. The zero-order chi connectivity index (χ0) is 15.8. The first kappa shape index (κ1) is 17.3. The molecule has 0 bridgehead atoms. The number of aromatic nitrogens is 1. The summed E-state index contributed by atoms with van der Waals surface area (Å²) in [6.45, 7) is 9.40. The molecule has 116 valence electrons. The predicted octanol–water partition coefficient (Wildman–Crippen LogP) is 2.15. The van der Waals surface area contributed by atoms with Gasteiger partial charge in [-0.05, 0) is 13.8 Å². The molecular weight excluding hydrogens is 292 g/mol. The van der Waals surface area contributed by atoms with Crippen molar-refractivity contribution in [2.24, 2.45) is 0 Å². The summed E-state index contributed by atoms with van der Waals surface area (Å²) >= 11 is 1.34. The van der Waals surface area contributed by atoms with Crippen molar-refractivity contribution < 1.29 is 19.1 Å². The Balaban J connectivity index is 2.53. The van der Waals surface area contributed by atoms with E-state index in [1.165, 1.54) is 18.3 Å². The number of ether oxygens (including phenoxy) is 2. The number of carbonyl (C=O) groups excluding carboxylic acids is 2. The van der Waals surface area contributed by atoms with Crippen molar-refractivity contribution in [1.82, 2.24) is 4.98 Å². The topological polar surface area (TPSA) is 68.7 Å². The second kappa shape index (κ2) is 8.53. The van der Waals surface area contributed by atoms with Crippen LogP contribution < -0.4 is 4.90 Å². The molecule has 0 aliphatic heterocycles. The third kappa shape index (κ3) is 5.28. The Hall–Kier alpha value is -1.73. The average molecular weight is 312 g/mol. The fourth-order valence-electron chi connectivity index (χ4n) is 1.52. The van der Waals surface area contributed by atoms with Gasteiger partial charge in [-0.25, -0.2) is 9.78 Å². The van der Waals surface area contributed by atoms with Crippen LogP contribution >= 0.6 is 11.3 Å². The summed E-state index contributed by atoms with van der Waals surface area (Å²) in [5, 5.41) is 2.37. The molecule has 21 heavy (non-hydrogen) atoms. The van der Waals surface area contributed by atoms with Gasteiger partial charge in [-0.1, -0.05) is 6.08 Å². The smallest absolute Gasteiger partial charge is 0.335 e. The minimum atomic E-state index is -0.648. The first-order chi connectivity index (χ1) is 9.99. The van der Waals surface area contributed by atoms with Crippen LogP contribution in [0.4, 0.5) is 5.13 Å². The Kier molecular flexibility index (Phi) is 7.04. The summed E-state index contributed by atoms with van der Waals surface area (Å²) in [7, 11) is 0. The van der Waals surface area contributed by atoms with E-state index in [0.29, 0.717) is 24.0 Å². The minimum absolute atomic E-state index is 0.0621. The number of hydrogen-bond acceptors (Lipinski definition) is 6. The number of nitrogens with zero attached hydrogens (tertiary/aromatic N) is 2. The molecule has 1 heterocycles. The number of thiazole rings is 1. The lowest BCUT2D eigenvalue weighted by Gasteiger charge is -2.14. The van der Waals surface area contributed by atoms with Gasteiger partial charge in [-0.3, -0.25) is 9.69 Å². The maximum atomic E-state index is 11.7. The first-order valence-electron chi connectivity index (χ1n) is 6.61. The molecule has 6 nitrogen and oxygen atoms in total. The van der Waals surface area contributed by atoms with E-state index in [-0.39, 0.29) is 12.5 Å². The predicted molar refractivity (Wildman–Crippen MR) is 81.2 cm³/mol. The van der Waals surface area contributed by atoms with E-state index in [2.05, 4.69) is 11.6 Å². The minimum Gasteiger partial charge on any atom is -0.457 e. The Bertz CT molecular complexity index is 501. The molecule has 0 radical (unpaired) electrons. The highest BCUT2D eigenvalue weighted by Gasteiger charge is 2.17. The standard InChI is InChI=1S/C14H20N2O4S/c1-5-7-19-10(3)13(18)20-8-12-9-21-14(15-12)16(6-2)11(4)17/h5,9-10H,1,6-8H2,2-4H3. The van der Waals surface area contributed by atoms with Gasteiger partial charge in [-0.2, -0.15) is 0 Å². The molecule has 0 spiro atoms. The van der Waals surface area contributed by atoms with Gasteiger partial charge in [0.1, 0.15) is 6.61 Å². The van der Waals surface area contributed by atoms with E-state index < -0.39 is 12.1 Å². The Labute approximate surface area is 128 Å². The van der Waals surface area contributed by atoms with Crippen molar-refractivity contribution in [3.8, 4) is 0 Å². The van der Waals surface area contributed by atoms with Crippen LogP contribution in [0, 0.1) is 0 Å². The average Bonchev–Trinajstić information content (AvgIpc) is 2.91. The highest BCUT2D eigenvalue weighted by Crippen LogP contribution is 2.21. The van der Waals surface area contributed by atoms with Crippen LogP contribution in [-0.2, 0) is 25.7 Å². The number of rotatable bonds is 8. The van der Waals surface area contributed by atoms with Crippen molar-refractivity contribution in [2.75, 3.05) is 18.1 Å². The molecule has 1 aromatic rings. The summed E-state index contributed by atoms with van der Waals surface area (Å²) in [5.74, 6) is -0.521. The maximum absolute atomic E-state index is 11.7. The molecule has 0 saturated heterocycles. The lowest BCUT2D eigenvalue weighted by atomic mass is 10.4. The number of amides is 1. The number of hydrogen-bond donors (Lipinski definition) is 0. The lowest BCUT2D eigenvalue weighted by Crippen LogP contribution is -2.27. The van der Waals surface area contributed by atoms with E-state index in [9.17, 15) is 9.59 Å². The van der Waals surface area contributed by atoms with Crippen LogP contribution in [0.25, 0.3) is 0 Å². The molecule has 7 heteroatoms. The van der Waals surface area contributed by atoms with E-state index in [1.807, 2.05) is 6.92 Å². The van der Waals surface area contributed by atoms with Gasteiger partial charge >= 0.3 is 5.97 Å². The maximum Gasteiger partial charge on any atom is 0.335 e. The van der Waals surface area contributed by atoms with E-state index >= 15 is 0 Å². The van der Waals surface area contributed by atoms with Crippen molar-refractivity contribution in [2.45, 2.75) is 33.5 Å². The summed E-state index contributed by atoms with van der Waals surface area (Å²) in [5.41, 5.74) is 0.610. The molecule has 0 aromatic carbocycles. The Morgan fingerprint density at radius 3 is 2.86 bits per heavy atom. The third-order valence-corrected chi connectivity index (χ3v) is 3.54. The van der Waals surface area contributed by atoms with Crippen molar-refractivity contribution in [3.63, 3.8) is 0 Å². The van der Waals surface area contributed by atoms with Crippen LogP contribution in [-0.4, -0.2) is 36.1 Å².